The fourth-order valence-corrected chi connectivity index (χ4v) is 5.41. The number of benzene rings is 2. The number of nitrogens with one attached hydrogen (secondary N) is 1. The number of likely N-dealkylation sites (tertiary alicyclic amines) is 1. The van der Waals surface area contributed by atoms with E-state index in [2.05, 4.69) is 34.6 Å². The minimum atomic E-state index is -0.711. The maximum absolute atomic E-state index is 14.0. The summed E-state index contributed by atoms with van der Waals surface area (Å²) in [4.78, 5) is 29.9. The monoisotopic (exact) mass is 548 g/mol. The quantitative estimate of drug-likeness (QED) is 0.296. The molecule has 0 spiro atoms. The molecule has 40 heavy (non-hydrogen) atoms. The Balaban J connectivity index is 1.69. The molecule has 2 saturated heterocycles. The maximum Gasteiger partial charge on any atom is 0.295 e. The molecule has 2 heterocycles. The Morgan fingerprint density at radius 1 is 1.10 bits per heavy atom. The van der Waals surface area contributed by atoms with Crippen LogP contribution in [0.25, 0.3) is 5.76 Å². The van der Waals surface area contributed by atoms with E-state index >= 15 is 0 Å². The number of hydrogen-bond donors (Lipinski definition) is 1. The summed E-state index contributed by atoms with van der Waals surface area (Å²) in [6.45, 7) is 17.7. The van der Waals surface area contributed by atoms with Gasteiger partial charge in [0.25, 0.3) is 5.91 Å². The smallest absolute Gasteiger partial charge is 0.295 e. The van der Waals surface area contributed by atoms with Gasteiger partial charge in [-0.3, -0.25) is 9.59 Å². The minimum absolute atomic E-state index is 0.0335. The second-order valence-electron chi connectivity index (χ2n) is 12.5. The molecule has 2 aliphatic heterocycles. The van der Waals surface area contributed by atoms with Crippen molar-refractivity contribution in [1.82, 2.24) is 4.90 Å². The SMILES string of the molecule is Cc1cc(OCC(C)C)ccc1C([O-])=C1C(=O)C(=O)N(CCC[NH+]2CCOCC2)C1c1ccc(C(C)(C)C)cc1. The van der Waals surface area contributed by atoms with Crippen LogP contribution in [0.3, 0.4) is 0 Å². The summed E-state index contributed by atoms with van der Waals surface area (Å²) in [5.41, 5.74) is 3.06. The van der Waals surface area contributed by atoms with Gasteiger partial charge in [-0.2, -0.15) is 0 Å². The Morgan fingerprint density at radius 3 is 2.38 bits per heavy atom. The molecule has 2 fully saturated rings. The molecule has 0 aromatic heterocycles. The van der Waals surface area contributed by atoms with E-state index in [4.69, 9.17) is 9.47 Å². The average Bonchev–Trinajstić information content (AvgIpc) is 3.17. The van der Waals surface area contributed by atoms with Crippen molar-refractivity contribution in [2.24, 2.45) is 5.92 Å². The third kappa shape index (κ3) is 6.76. The lowest BCUT2D eigenvalue weighted by atomic mass is 9.85. The Hall–Kier alpha value is -3.16. The topological polar surface area (TPSA) is 83.3 Å². The average molecular weight is 549 g/mol. The largest absolute Gasteiger partial charge is 0.872 e. The zero-order chi connectivity index (χ0) is 29.0. The van der Waals surface area contributed by atoms with Crippen LogP contribution in [-0.4, -0.2) is 62.6 Å². The first-order chi connectivity index (χ1) is 19.0. The van der Waals surface area contributed by atoms with Crippen LogP contribution in [-0.2, 0) is 19.7 Å². The lowest BCUT2D eigenvalue weighted by Gasteiger charge is -2.29. The number of amides is 1. The van der Waals surface area contributed by atoms with E-state index in [1.807, 2.05) is 37.3 Å². The van der Waals surface area contributed by atoms with Gasteiger partial charge in [-0.05, 0) is 52.6 Å². The Bertz CT molecular complexity index is 1240. The fourth-order valence-electron chi connectivity index (χ4n) is 5.41. The van der Waals surface area contributed by atoms with Crippen LogP contribution >= 0.6 is 0 Å². The Labute approximate surface area is 238 Å². The number of Topliss-reactive ketones (excluding diaryl/α,β-unsaturated/α-hetero) is 1. The lowest BCUT2D eigenvalue weighted by Crippen LogP contribution is -3.14. The molecule has 7 heteroatoms. The van der Waals surface area contributed by atoms with Crippen molar-refractivity contribution in [3.05, 3.63) is 70.3 Å². The number of ether oxygens (including phenoxy) is 2. The number of nitrogens with zero attached hydrogens (tertiary/aromatic N) is 1. The van der Waals surface area contributed by atoms with Gasteiger partial charge >= 0.3 is 0 Å². The van der Waals surface area contributed by atoms with Crippen molar-refractivity contribution >= 4 is 17.4 Å². The molecule has 0 bridgehead atoms. The van der Waals surface area contributed by atoms with Gasteiger partial charge in [0.15, 0.2) is 0 Å². The summed E-state index contributed by atoms with van der Waals surface area (Å²) in [6, 6.07) is 12.6. The molecule has 2 aromatic carbocycles. The highest BCUT2D eigenvalue weighted by atomic mass is 16.5. The minimum Gasteiger partial charge on any atom is -0.872 e. The second kappa shape index (κ2) is 12.6. The summed E-state index contributed by atoms with van der Waals surface area (Å²) in [5.74, 6) is -0.630. The summed E-state index contributed by atoms with van der Waals surface area (Å²) in [6.07, 6.45) is 0.743. The van der Waals surface area contributed by atoms with Crippen LogP contribution in [0.15, 0.2) is 48.0 Å². The highest BCUT2D eigenvalue weighted by molar-refractivity contribution is 6.46. The molecule has 4 rings (SSSR count). The van der Waals surface area contributed by atoms with Crippen LogP contribution in [0.4, 0.5) is 0 Å². The number of aryl methyl sites for hydroxylation is 1. The third-order valence-electron chi connectivity index (χ3n) is 7.78. The van der Waals surface area contributed by atoms with Crippen molar-refractivity contribution in [3.8, 4) is 5.75 Å². The van der Waals surface area contributed by atoms with E-state index in [1.165, 1.54) is 4.90 Å². The molecular formula is C33H44N2O5. The normalized spacial score (nSPS) is 20.0. The maximum atomic E-state index is 14.0. The van der Waals surface area contributed by atoms with Gasteiger partial charge in [0.05, 0.1) is 32.4 Å². The standard InChI is InChI=1S/C33H44N2O5/c1-22(2)21-40-26-12-13-27(23(3)20-26)30(36)28-29(24-8-10-25(11-9-24)33(4,5)6)35(32(38)31(28)37)15-7-14-34-16-18-39-19-17-34/h8-13,20,22,29,36H,7,14-19,21H2,1-6H3. The van der Waals surface area contributed by atoms with Crippen molar-refractivity contribution < 1.29 is 29.1 Å². The Kier molecular flexibility index (Phi) is 9.37. The molecule has 2 aliphatic rings. The number of ketones is 1. The van der Waals surface area contributed by atoms with Crippen molar-refractivity contribution in [1.29, 1.82) is 0 Å². The highest BCUT2D eigenvalue weighted by Gasteiger charge is 2.44. The van der Waals surface area contributed by atoms with Crippen LogP contribution < -0.4 is 14.7 Å². The molecule has 7 nitrogen and oxygen atoms in total. The molecule has 1 amide bonds. The Morgan fingerprint density at radius 2 is 1.77 bits per heavy atom. The molecule has 216 valence electrons. The number of carbonyl (C=O) groups excluding carboxylic acids is 2. The number of morpholine rings is 1. The zero-order valence-corrected chi connectivity index (χ0v) is 24.8. The molecule has 1 unspecified atom stereocenters. The fraction of sp³-hybridized carbons (Fsp3) is 0.515. The first kappa shape index (κ1) is 29.8. The van der Waals surface area contributed by atoms with Gasteiger partial charge in [-0.15, -0.1) is 0 Å². The predicted octanol–water partition coefficient (Wildman–Crippen LogP) is 2.86. The molecule has 0 saturated carbocycles. The van der Waals surface area contributed by atoms with E-state index in [-0.39, 0.29) is 11.0 Å². The van der Waals surface area contributed by atoms with Crippen LogP contribution in [0.1, 0.15) is 69.3 Å². The molecule has 0 radical (unpaired) electrons. The van der Waals surface area contributed by atoms with Gasteiger partial charge in [-0.25, -0.2) is 0 Å². The zero-order valence-electron chi connectivity index (χ0n) is 24.8. The predicted molar refractivity (Wildman–Crippen MR) is 154 cm³/mol. The number of carbonyl (C=O) groups is 2. The number of hydrogen-bond acceptors (Lipinski definition) is 5. The molecule has 1 N–H and O–H groups in total. The van der Waals surface area contributed by atoms with E-state index in [0.717, 1.165) is 56.0 Å². The summed E-state index contributed by atoms with van der Waals surface area (Å²) < 4.78 is 11.3. The molecular weight excluding hydrogens is 504 g/mol. The van der Waals surface area contributed by atoms with Gasteiger partial charge < -0.3 is 24.4 Å². The summed E-state index contributed by atoms with van der Waals surface area (Å²) in [7, 11) is 0. The number of rotatable bonds is 9. The van der Waals surface area contributed by atoms with E-state index in [0.29, 0.717) is 30.4 Å². The highest BCUT2D eigenvalue weighted by Crippen LogP contribution is 2.40. The van der Waals surface area contributed by atoms with Gasteiger partial charge in [0.2, 0.25) is 5.78 Å². The molecule has 0 aliphatic carbocycles. The van der Waals surface area contributed by atoms with Crippen LogP contribution in [0.2, 0.25) is 0 Å². The van der Waals surface area contributed by atoms with Crippen molar-refractivity contribution in [2.45, 2.75) is 59.4 Å². The molecule has 2 aromatic rings. The van der Waals surface area contributed by atoms with Crippen molar-refractivity contribution in [2.75, 3.05) is 46.0 Å². The third-order valence-corrected chi connectivity index (χ3v) is 7.78. The van der Waals surface area contributed by atoms with E-state index in [9.17, 15) is 14.7 Å². The van der Waals surface area contributed by atoms with E-state index in [1.54, 1.807) is 17.0 Å². The summed E-state index contributed by atoms with van der Waals surface area (Å²) in [5, 5.41) is 14.0. The first-order valence-corrected chi connectivity index (χ1v) is 14.5. The first-order valence-electron chi connectivity index (χ1n) is 14.5. The van der Waals surface area contributed by atoms with E-state index < -0.39 is 23.5 Å². The van der Waals surface area contributed by atoms with Gasteiger partial charge in [0, 0.05) is 18.5 Å². The lowest BCUT2D eigenvalue weighted by molar-refractivity contribution is -0.908. The van der Waals surface area contributed by atoms with Crippen LogP contribution in [0, 0.1) is 12.8 Å². The van der Waals surface area contributed by atoms with Crippen LogP contribution in [0.5, 0.6) is 5.75 Å². The van der Waals surface area contributed by atoms with Gasteiger partial charge in [-0.1, -0.05) is 70.7 Å². The molecule has 1 atom stereocenters. The second-order valence-corrected chi connectivity index (χ2v) is 12.5. The van der Waals surface area contributed by atoms with Crippen molar-refractivity contribution in [3.63, 3.8) is 0 Å². The number of quaternary nitrogens is 1. The van der Waals surface area contributed by atoms with Gasteiger partial charge in [0.1, 0.15) is 18.8 Å². The summed E-state index contributed by atoms with van der Waals surface area (Å²) >= 11 is 0.